The van der Waals surface area contributed by atoms with Gasteiger partial charge in [0.15, 0.2) is 5.69 Å². The first-order chi connectivity index (χ1) is 8.14. The number of aliphatic carboxylic acids is 1. The highest BCUT2D eigenvalue weighted by atomic mass is 127. The number of hydrogen-bond donors (Lipinski definition) is 1. The van der Waals surface area contributed by atoms with E-state index in [1.807, 2.05) is 0 Å². The predicted octanol–water partition coefficient (Wildman–Crippen LogP) is 3.27. The number of nitrogens with zero attached hydrogens (tertiary/aromatic N) is 1. The minimum absolute atomic E-state index is 0.175. The molecule has 0 aromatic carbocycles. The summed E-state index contributed by atoms with van der Waals surface area (Å²) in [5.41, 5.74) is -3.13. The Kier molecular flexibility index (Phi) is 4.46. The summed E-state index contributed by atoms with van der Waals surface area (Å²) in [6.07, 6.45) is -8.39. The smallest absolute Gasteiger partial charge is 0.433 e. The Balaban J connectivity index is 3.42. The molecule has 0 aliphatic rings. The van der Waals surface area contributed by atoms with E-state index in [9.17, 15) is 26.7 Å². The van der Waals surface area contributed by atoms with E-state index in [2.05, 4.69) is 4.98 Å². The van der Waals surface area contributed by atoms with E-state index in [1.165, 1.54) is 22.6 Å². The second-order valence-corrected chi connectivity index (χ2v) is 4.31. The highest BCUT2D eigenvalue weighted by Gasteiger charge is 2.39. The summed E-state index contributed by atoms with van der Waals surface area (Å²) in [7, 11) is 0. The molecule has 0 saturated heterocycles. The summed E-state index contributed by atoms with van der Waals surface area (Å²) >= 11 is 1.27. The van der Waals surface area contributed by atoms with Crippen molar-refractivity contribution in [3.8, 4) is 0 Å². The van der Waals surface area contributed by atoms with E-state index >= 15 is 0 Å². The summed E-state index contributed by atoms with van der Waals surface area (Å²) < 4.78 is 62.3. The van der Waals surface area contributed by atoms with Gasteiger partial charge in [-0.1, -0.05) is 0 Å². The van der Waals surface area contributed by atoms with Crippen molar-refractivity contribution in [3.05, 3.63) is 26.6 Å². The van der Waals surface area contributed by atoms with Crippen molar-refractivity contribution in [2.45, 2.75) is 19.0 Å². The van der Waals surface area contributed by atoms with Gasteiger partial charge in [-0.05, 0) is 28.2 Å². The van der Waals surface area contributed by atoms with Gasteiger partial charge in [0.25, 0.3) is 6.43 Å². The first-order valence-corrected chi connectivity index (χ1v) is 5.47. The van der Waals surface area contributed by atoms with Gasteiger partial charge in [-0.25, -0.2) is 8.78 Å². The van der Waals surface area contributed by atoms with E-state index in [0.717, 1.165) is 0 Å². The van der Waals surface area contributed by atoms with Crippen molar-refractivity contribution in [3.63, 3.8) is 0 Å². The average molecular weight is 381 g/mol. The minimum Gasteiger partial charge on any atom is -0.481 e. The zero-order valence-corrected chi connectivity index (χ0v) is 10.6. The van der Waals surface area contributed by atoms with Crippen LogP contribution in [0.3, 0.4) is 0 Å². The van der Waals surface area contributed by atoms with Crippen molar-refractivity contribution in [1.82, 2.24) is 4.98 Å². The average Bonchev–Trinajstić information content (AvgIpc) is 2.17. The van der Waals surface area contributed by atoms with E-state index in [0.29, 0.717) is 6.20 Å². The van der Waals surface area contributed by atoms with Crippen LogP contribution in [0.4, 0.5) is 22.0 Å². The molecular formula is C9H5F5INO2. The molecule has 100 valence electrons. The molecule has 18 heavy (non-hydrogen) atoms. The maximum Gasteiger partial charge on any atom is 0.433 e. The van der Waals surface area contributed by atoms with E-state index < -0.39 is 39.8 Å². The molecule has 3 nitrogen and oxygen atoms in total. The quantitative estimate of drug-likeness (QED) is 0.646. The number of alkyl halides is 5. The Morgan fingerprint density at radius 3 is 2.39 bits per heavy atom. The normalized spacial score (nSPS) is 11.9. The van der Waals surface area contributed by atoms with Crippen molar-refractivity contribution in [2.75, 3.05) is 0 Å². The Morgan fingerprint density at radius 1 is 1.44 bits per heavy atom. The molecule has 0 saturated carbocycles. The van der Waals surface area contributed by atoms with Crippen LogP contribution in [-0.2, 0) is 17.4 Å². The van der Waals surface area contributed by atoms with Crippen molar-refractivity contribution >= 4 is 28.6 Å². The van der Waals surface area contributed by atoms with Crippen molar-refractivity contribution < 1.29 is 31.9 Å². The largest absolute Gasteiger partial charge is 0.481 e. The molecule has 0 fully saturated rings. The molecule has 9 heteroatoms. The predicted molar refractivity (Wildman–Crippen MR) is 58.3 cm³/mol. The monoisotopic (exact) mass is 381 g/mol. The second kappa shape index (κ2) is 5.33. The van der Waals surface area contributed by atoms with Crippen LogP contribution in [0.25, 0.3) is 0 Å². The third-order valence-electron chi connectivity index (χ3n) is 1.95. The lowest BCUT2D eigenvalue weighted by Gasteiger charge is -2.14. The van der Waals surface area contributed by atoms with Crippen molar-refractivity contribution in [1.29, 1.82) is 0 Å². The molecule has 0 aliphatic carbocycles. The van der Waals surface area contributed by atoms with Crippen LogP contribution in [0.1, 0.15) is 23.2 Å². The first-order valence-electron chi connectivity index (χ1n) is 4.39. The van der Waals surface area contributed by atoms with Gasteiger partial charge in [0.2, 0.25) is 0 Å². The number of carboxylic acids is 1. The molecule has 1 aromatic heterocycles. The molecular weight excluding hydrogens is 376 g/mol. The van der Waals surface area contributed by atoms with Crippen LogP contribution < -0.4 is 0 Å². The standard InChI is InChI=1S/C9H5F5INO2/c10-8(11)5-6(15)3(1-4(17)18)2-16-7(5)9(12,13)14/h2,8H,1H2,(H,17,18). The van der Waals surface area contributed by atoms with Gasteiger partial charge < -0.3 is 5.11 Å². The van der Waals surface area contributed by atoms with Crippen molar-refractivity contribution in [2.24, 2.45) is 0 Å². The van der Waals surface area contributed by atoms with E-state index in [-0.39, 0.29) is 5.56 Å². The third-order valence-corrected chi connectivity index (χ3v) is 3.23. The lowest BCUT2D eigenvalue weighted by molar-refractivity contribution is -0.143. The molecule has 0 bridgehead atoms. The van der Waals surface area contributed by atoms with Crippen LogP contribution in [0.15, 0.2) is 6.20 Å². The zero-order valence-electron chi connectivity index (χ0n) is 8.43. The molecule has 0 unspecified atom stereocenters. The number of rotatable bonds is 3. The molecule has 0 atom stereocenters. The molecule has 1 heterocycles. The topological polar surface area (TPSA) is 50.2 Å². The molecule has 1 rings (SSSR count). The lowest BCUT2D eigenvalue weighted by atomic mass is 10.1. The van der Waals surface area contributed by atoms with Crippen LogP contribution in [0.5, 0.6) is 0 Å². The summed E-state index contributed by atoms with van der Waals surface area (Å²) in [4.78, 5) is 13.4. The van der Waals surface area contributed by atoms with Crippen LogP contribution in [0, 0.1) is 3.57 Å². The third kappa shape index (κ3) is 3.27. The Hall–Kier alpha value is -1.00. The molecule has 0 spiro atoms. The minimum atomic E-state index is -5.01. The molecule has 1 aromatic rings. The van der Waals surface area contributed by atoms with Gasteiger partial charge in [-0.2, -0.15) is 13.2 Å². The number of hydrogen-bond acceptors (Lipinski definition) is 2. The van der Waals surface area contributed by atoms with Crippen LogP contribution >= 0.6 is 22.6 Å². The maximum absolute atomic E-state index is 12.6. The highest BCUT2D eigenvalue weighted by Crippen LogP contribution is 2.38. The molecule has 0 aliphatic heterocycles. The van der Waals surface area contributed by atoms with Gasteiger partial charge in [0, 0.05) is 9.77 Å². The molecule has 0 radical (unpaired) electrons. The number of carbonyl (C=O) groups is 1. The Labute approximate surface area is 111 Å². The maximum atomic E-state index is 12.6. The zero-order chi connectivity index (χ0) is 14.1. The molecule has 1 N–H and O–H groups in total. The number of aromatic nitrogens is 1. The van der Waals surface area contributed by atoms with Gasteiger partial charge in [0.05, 0.1) is 12.0 Å². The van der Waals surface area contributed by atoms with Gasteiger partial charge in [-0.15, -0.1) is 0 Å². The van der Waals surface area contributed by atoms with Crippen LogP contribution in [-0.4, -0.2) is 16.1 Å². The SMILES string of the molecule is O=C(O)Cc1cnc(C(F)(F)F)c(C(F)F)c1I. The summed E-state index contributed by atoms with van der Waals surface area (Å²) in [6.45, 7) is 0. The summed E-state index contributed by atoms with van der Waals surface area (Å²) in [5.74, 6) is -1.34. The fourth-order valence-corrected chi connectivity index (χ4v) is 2.08. The van der Waals surface area contributed by atoms with Crippen LogP contribution in [0.2, 0.25) is 0 Å². The number of carboxylic acid groups (broad SMARTS) is 1. The number of pyridine rings is 1. The summed E-state index contributed by atoms with van der Waals surface area (Å²) in [5, 5.41) is 8.51. The van der Waals surface area contributed by atoms with Gasteiger partial charge in [0.1, 0.15) is 0 Å². The van der Waals surface area contributed by atoms with Gasteiger partial charge in [-0.3, -0.25) is 9.78 Å². The Bertz CT molecular complexity index is 475. The summed E-state index contributed by atoms with van der Waals surface area (Å²) in [6, 6.07) is 0. The molecule has 0 amide bonds. The highest BCUT2D eigenvalue weighted by molar-refractivity contribution is 14.1. The van der Waals surface area contributed by atoms with E-state index in [4.69, 9.17) is 5.11 Å². The Morgan fingerprint density at radius 2 is 2.00 bits per heavy atom. The fourth-order valence-electron chi connectivity index (χ4n) is 1.26. The lowest BCUT2D eigenvalue weighted by Crippen LogP contribution is -2.16. The van der Waals surface area contributed by atoms with E-state index in [1.54, 1.807) is 0 Å². The first kappa shape index (κ1) is 15.1. The fraction of sp³-hybridized carbons (Fsp3) is 0.333. The van der Waals surface area contributed by atoms with Gasteiger partial charge >= 0.3 is 12.1 Å². The number of halogens is 6. The second-order valence-electron chi connectivity index (χ2n) is 3.23.